The van der Waals surface area contributed by atoms with Crippen molar-refractivity contribution in [1.29, 1.82) is 0 Å². The number of hydrogen-bond acceptors (Lipinski definition) is 24. The maximum Gasteiger partial charge on any atom is 0.245 e. The predicted molar refractivity (Wildman–Crippen MR) is 263 cm³/mol. The number of hydrogen-bond donors (Lipinski definition) is 0. The molecule has 0 bridgehead atoms. The summed E-state index contributed by atoms with van der Waals surface area (Å²) in [6, 6.07) is 0. The third-order valence-electron chi connectivity index (χ3n) is 12.2. The zero-order valence-corrected chi connectivity index (χ0v) is 44.9. The fourth-order valence-corrected chi connectivity index (χ4v) is 11.4. The molecular weight excluding hydrogens is 1050 g/mol. The molecule has 74 heavy (non-hydrogen) atoms. The highest BCUT2D eigenvalue weighted by atomic mass is 35.5. The van der Waals surface area contributed by atoms with Gasteiger partial charge in [-0.1, -0.05) is 23.2 Å². The van der Waals surface area contributed by atoms with Crippen molar-refractivity contribution in [3.63, 3.8) is 0 Å². The summed E-state index contributed by atoms with van der Waals surface area (Å²) in [5.74, 6) is 1.24. The Labute approximate surface area is 437 Å². The van der Waals surface area contributed by atoms with Crippen LogP contribution in [0.3, 0.4) is 0 Å². The minimum absolute atomic E-state index is 0.126. The van der Waals surface area contributed by atoms with Gasteiger partial charge in [-0.3, -0.25) is 9.13 Å². The maximum atomic E-state index is 13.7. The van der Waals surface area contributed by atoms with Crippen LogP contribution in [0.2, 0.25) is 10.0 Å². The minimum atomic E-state index is -3.88. The van der Waals surface area contributed by atoms with E-state index in [9.17, 15) is 16.8 Å². The molecule has 0 aliphatic carbocycles. The molecular formula is C44H56Cl2N14O12S2. The molecule has 2 fully saturated rings. The Morgan fingerprint density at radius 3 is 1.18 bits per heavy atom. The van der Waals surface area contributed by atoms with Gasteiger partial charge in [-0.25, -0.2) is 36.8 Å². The molecule has 6 atom stereocenters. The molecule has 8 heterocycles. The van der Waals surface area contributed by atoms with Crippen molar-refractivity contribution in [2.45, 2.75) is 85.6 Å². The first-order valence-electron chi connectivity index (χ1n) is 22.9. The van der Waals surface area contributed by atoms with Gasteiger partial charge in [0.25, 0.3) is 0 Å². The van der Waals surface area contributed by atoms with Crippen LogP contribution in [0.5, 0.6) is 23.5 Å². The fraction of sp³-hybridized carbons (Fsp3) is 0.545. The lowest BCUT2D eigenvalue weighted by molar-refractivity contribution is 0.0774. The van der Waals surface area contributed by atoms with Gasteiger partial charge in [-0.2, -0.15) is 19.9 Å². The number of nitrogens with zero attached hydrogens (tertiary/aromatic N) is 14. The topological polar surface area (TPSA) is 307 Å². The van der Waals surface area contributed by atoms with E-state index in [-0.39, 0.29) is 58.7 Å². The summed E-state index contributed by atoms with van der Waals surface area (Å²) in [7, 11) is 0.831. The molecule has 26 nitrogen and oxygen atoms in total. The average molecular weight is 1110 g/mol. The number of methoxy groups -OCH3 is 6. The van der Waals surface area contributed by atoms with E-state index in [2.05, 4.69) is 60.3 Å². The van der Waals surface area contributed by atoms with Crippen LogP contribution in [0.4, 0.5) is 0 Å². The summed E-state index contributed by atoms with van der Waals surface area (Å²) in [5, 5.41) is 15.9. The van der Waals surface area contributed by atoms with Crippen LogP contribution >= 0.6 is 23.2 Å². The number of rotatable bonds is 20. The molecule has 8 rings (SSSR count). The Hall–Kier alpha value is -5.88. The molecule has 0 saturated carbocycles. The third kappa shape index (κ3) is 12.4. The largest absolute Gasteiger partial charge is 0.479 e. The molecule has 30 heteroatoms. The van der Waals surface area contributed by atoms with Crippen molar-refractivity contribution in [3.05, 3.63) is 82.4 Å². The molecule has 2 saturated heterocycles. The van der Waals surface area contributed by atoms with Gasteiger partial charge in [0.2, 0.25) is 23.5 Å². The molecule has 0 unspecified atom stereocenters. The van der Waals surface area contributed by atoms with Gasteiger partial charge in [-0.05, 0) is 39.5 Å². The van der Waals surface area contributed by atoms with Gasteiger partial charge in [0, 0.05) is 64.1 Å². The van der Waals surface area contributed by atoms with Gasteiger partial charge in [-0.15, -0.1) is 20.4 Å². The SMILES string of the molecule is COc1ncnc(OC)c1-n1c(CS(=O)(=O)[C@@H](C)[C@H](OC)c2ncc(Cl)cn2)nnc1[C@@H]1CCCOC1.COc1ncnc(OC)c1-n1c(CS(=O)(=O)[C@@H](C)[C@H](OC)c2ncc(Cl)cn2)nnc1[C@H]1CCCOC1. The molecule has 400 valence electrons. The summed E-state index contributed by atoms with van der Waals surface area (Å²) in [6.45, 7) is 5.19. The van der Waals surface area contributed by atoms with E-state index in [1.807, 2.05) is 0 Å². The van der Waals surface area contributed by atoms with E-state index >= 15 is 0 Å². The molecule has 0 aromatic carbocycles. The minimum Gasteiger partial charge on any atom is -0.479 e. The Balaban J connectivity index is 0.000000216. The van der Waals surface area contributed by atoms with Gasteiger partial charge < -0.3 is 37.9 Å². The van der Waals surface area contributed by atoms with E-state index in [4.69, 9.17) is 61.1 Å². The zero-order chi connectivity index (χ0) is 53.2. The molecule has 0 amide bonds. The van der Waals surface area contributed by atoms with E-state index < -0.39 is 53.9 Å². The summed E-state index contributed by atoms with van der Waals surface area (Å²) in [6.07, 6.45) is 9.51. The van der Waals surface area contributed by atoms with Crippen LogP contribution < -0.4 is 18.9 Å². The Bertz CT molecular complexity index is 2790. The lowest BCUT2D eigenvalue weighted by Gasteiger charge is -2.24. The predicted octanol–water partition coefficient (Wildman–Crippen LogP) is 4.21. The normalized spacial score (nSPS) is 17.8. The van der Waals surface area contributed by atoms with Crippen LogP contribution in [0.15, 0.2) is 37.4 Å². The van der Waals surface area contributed by atoms with Crippen molar-refractivity contribution < 1.29 is 54.7 Å². The van der Waals surface area contributed by atoms with E-state index in [1.165, 1.54) is 93.9 Å². The van der Waals surface area contributed by atoms with Gasteiger partial charge in [0.15, 0.2) is 54.3 Å². The summed E-state index contributed by atoms with van der Waals surface area (Å²) in [4.78, 5) is 33.3. The molecule has 0 spiro atoms. The van der Waals surface area contributed by atoms with Crippen LogP contribution in [-0.2, 0) is 50.1 Å². The van der Waals surface area contributed by atoms with Crippen LogP contribution in [-0.4, -0.2) is 166 Å². The second-order valence-corrected chi connectivity index (χ2v) is 22.4. The fourth-order valence-electron chi connectivity index (χ4n) is 8.38. The number of ether oxygens (including phenoxy) is 8. The van der Waals surface area contributed by atoms with Crippen LogP contribution in [0.1, 0.15) is 98.5 Å². The summed E-state index contributed by atoms with van der Waals surface area (Å²) in [5.41, 5.74) is 0.612. The zero-order valence-electron chi connectivity index (χ0n) is 41.7. The second kappa shape index (κ2) is 25.1. The molecule has 2 aliphatic rings. The average Bonchev–Trinajstić information content (AvgIpc) is 4.03. The van der Waals surface area contributed by atoms with E-state index in [0.29, 0.717) is 59.5 Å². The van der Waals surface area contributed by atoms with Gasteiger partial charge in [0.05, 0.1) is 62.2 Å². The molecule has 0 radical (unpaired) electrons. The van der Waals surface area contributed by atoms with E-state index in [1.54, 1.807) is 9.13 Å². The first kappa shape index (κ1) is 55.9. The summed E-state index contributed by atoms with van der Waals surface area (Å²) >= 11 is 11.8. The smallest absolute Gasteiger partial charge is 0.245 e. The number of sulfone groups is 2. The number of aromatic nitrogens is 14. The lowest BCUT2D eigenvalue weighted by Crippen LogP contribution is -2.30. The Kier molecular flexibility index (Phi) is 18.9. The quantitative estimate of drug-likeness (QED) is 0.103. The first-order chi connectivity index (χ1) is 35.6. The first-order valence-corrected chi connectivity index (χ1v) is 27.1. The van der Waals surface area contributed by atoms with E-state index in [0.717, 1.165) is 25.7 Å². The summed E-state index contributed by atoms with van der Waals surface area (Å²) < 4.78 is 102. The van der Waals surface area contributed by atoms with Crippen LogP contribution in [0, 0.1) is 0 Å². The molecule has 0 N–H and O–H groups in total. The molecule has 6 aromatic rings. The highest BCUT2D eigenvalue weighted by Gasteiger charge is 2.39. The molecule has 6 aromatic heterocycles. The third-order valence-corrected chi connectivity index (χ3v) is 16.7. The van der Waals surface area contributed by atoms with Gasteiger partial charge >= 0.3 is 0 Å². The number of halogens is 2. The van der Waals surface area contributed by atoms with Crippen molar-refractivity contribution in [2.24, 2.45) is 0 Å². The van der Waals surface area contributed by atoms with Crippen molar-refractivity contribution in [3.8, 4) is 34.9 Å². The Morgan fingerprint density at radius 2 is 0.892 bits per heavy atom. The van der Waals surface area contributed by atoms with Crippen molar-refractivity contribution >= 4 is 42.9 Å². The van der Waals surface area contributed by atoms with Crippen molar-refractivity contribution in [2.75, 3.05) is 69.1 Å². The molecule has 2 aliphatic heterocycles. The highest BCUT2D eigenvalue weighted by Crippen LogP contribution is 2.38. The van der Waals surface area contributed by atoms with Crippen LogP contribution in [0.25, 0.3) is 11.4 Å². The maximum absolute atomic E-state index is 13.7. The lowest BCUT2D eigenvalue weighted by atomic mass is 10.0. The monoisotopic (exact) mass is 1110 g/mol. The van der Waals surface area contributed by atoms with Crippen molar-refractivity contribution in [1.82, 2.24) is 69.4 Å². The standard InChI is InChI=1S/2C22H28ClN7O6S/c2*1-13(18(33-2)19-24-8-15(23)9-25-19)37(31,32)11-16-28-29-20(14-6-5-7-36-10-14)30(16)17-21(34-3)26-12-27-22(17)35-4/h2*8-9,12-14,18H,5-7,10-11H2,1-4H3/t13-,14+,18-;13-,14-,18-/m00/s1. The second-order valence-electron chi connectivity index (χ2n) is 16.8. The highest BCUT2D eigenvalue weighted by molar-refractivity contribution is 7.91. The van der Waals surface area contributed by atoms with Gasteiger partial charge in [0.1, 0.15) is 48.0 Å². The Morgan fingerprint density at radius 1 is 0.554 bits per heavy atom.